The second kappa shape index (κ2) is 11.6. The van der Waals surface area contributed by atoms with Gasteiger partial charge in [-0.05, 0) is 47.7 Å². The molecule has 0 saturated carbocycles. The molecule has 1 amide bonds. The van der Waals surface area contributed by atoms with Crippen molar-refractivity contribution in [2.75, 3.05) is 19.6 Å². The van der Waals surface area contributed by atoms with Crippen LogP contribution in [0.3, 0.4) is 0 Å². The highest BCUT2D eigenvalue weighted by Crippen LogP contribution is 2.26. The Balaban J connectivity index is 1.62. The molecule has 1 heterocycles. The monoisotopic (exact) mass is 582 g/mol. The number of hydrogen-bond donors (Lipinski definition) is 1. The topological polar surface area (TPSA) is 116 Å². The average Bonchev–Trinajstić information content (AvgIpc) is 2.96. The van der Waals surface area contributed by atoms with Crippen LogP contribution < -0.4 is 5.43 Å². The smallest absolute Gasteiger partial charge is 0.259 e. The number of sulfonamides is 2. The highest BCUT2D eigenvalue weighted by Gasteiger charge is 2.43. The van der Waals surface area contributed by atoms with Crippen LogP contribution in [0.1, 0.15) is 38.8 Å². The van der Waals surface area contributed by atoms with Crippen LogP contribution >= 0.6 is 0 Å². The molecule has 3 aromatic rings. The lowest BCUT2D eigenvalue weighted by Crippen LogP contribution is -2.60. The lowest BCUT2D eigenvalue weighted by molar-refractivity contribution is -0.125. The molecule has 0 aliphatic carbocycles. The fraction of sp³-hybridized carbons (Fsp3) is 0.310. The Morgan fingerprint density at radius 2 is 1.32 bits per heavy atom. The van der Waals surface area contributed by atoms with Crippen LogP contribution in [0, 0.1) is 0 Å². The van der Waals surface area contributed by atoms with Crippen molar-refractivity contribution < 1.29 is 21.6 Å². The van der Waals surface area contributed by atoms with E-state index in [-0.39, 0.29) is 34.8 Å². The van der Waals surface area contributed by atoms with Crippen molar-refractivity contribution in [2.45, 2.75) is 48.9 Å². The highest BCUT2D eigenvalue weighted by molar-refractivity contribution is 7.89. The summed E-state index contributed by atoms with van der Waals surface area (Å²) in [6.07, 6.45) is 0. The summed E-state index contributed by atoms with van der Waals surface area (Å²) in [6.45, 7) is 7.42. The molecule has 1 fully saturated rings. The number of hydrogen-bond acceptors (Lipinski definition) is 6. The molecule has 0 aromatic heterocycles. The minimum Gasteiger partial charge on any atom is -0.271 e. The first-order valence-corrected chi connectivity index (χ1v) is 15.8. The number of amides is 1. The lowest BCUT2D eigenvalue weighted by Gasteiger charge is -2.38. The number of hydrazone groups is 1. The van der Waals surface area contributed by atoms with Gasteiger partial charge in [-0.25, -0.2) is 22.3 Å². The van der Waals surface area contributed by atoms with Crippen LogP contribution in [0.15, 0.2) is 99.8 Å². The molecule has 3 aromatic carbocycles. The third-order valence-electron chi connectivity index (χ3n) is 6.83. The van der Waals surface area contributed by atoms with Gasteiger partial charge in [0.05, 0.1) is 15.5 Å². The van der Waals surface area contributed by atoms with Gasteiger partial charge in [-0.2, -0.15) is 13.7 Å². The fourth-order valence-electron chi connectivity index (χ4n) is 4.42. The molecule has 1 aliphatic heterocycles. The van der Waals surface area contributed by atoms with Crippen LogP contribution in [-0.4, -0.2) is 62.7 Å². The van der Waals surface area contributed by atoms with Gasteiger partial charge in [0.15, 0.2) is 0 Å². The van der Waals surface area contributed by atoms with Crippen molar-refractivity contribution in [2.24, 2.45) is 5.10 Å². The van der Waals surface area contributed by atoms with Crippen LogP contribution in [0.25, 0.3) is 0 Å². The van der Waals surface area contributed by atoms with Crippen molar-refractivity contribution in [3.05, 3.63) is 96.1 Å². The average molecular weight is 583 g/mol. The molecule has 0 radical (unpaired) electrons. The van der Waals surface area contributed by atoms with Crippen LogP contribution in [0.2, 0.25) is 0 Å². The molecule has 9 nitrogen and oxygen atoms in total. The first kappa shape index (κ1) is 29.6. The summed E-state index contributed by atoms with van der Waals surface area (Å²) in [4.78, 5) is 13.6. The maximum Gasteiger partial charge on any atom is 0.259 e. The molecule has 212 valence electrons. The molecular formula is C29H34N4O5S2. The van der Waals surface area contributed by atoms with E-state index in [0.717, 1.165) is 19.7 Å². The Bertz CT molecular complexity index is 1580. The van der Waals surface area contributed by atoms with E-state index in [1.165, 1.54) is 24.3 Å². The molecule has 1 N–H and O–H groups in total. The SMILES string of the molecule is C/C(=N/NC(=O)[C@H]1CN(S(=O)(=O)c2ccccc2)CCN1S(=O)(=O)c1ccccc1)c1ccc(C(C)(C)C)cc1. The van der Waals surface area contributed by atoms with Crippen LogP contribution in [0.5, 0.6) is 0 Å². The molecule has 0 bridgehead atoms. The molecule has 40 heavy (non-hydrogen) atoms. The van der Waals surface area contributed by atoms with Gasteiger partial charge in [0.2, 0.25) is 20.0 Å². The van der Waals surface area contributed by atoms with Gasteiger partial charge in [-0.3, -0.25) is 4.79 Å². The third-order valence-corrected chi connectivity index (χ3v) is 10.6. The van der Waals surface area contributed by atoms with Gasteiger partial charge >= 0.3 is 0 Å². The summed E-state index contributed by atoms with van der Waals surface area (Å²) in [5.74, 6) is -0.724. The maximum atomic E-state index is 13.5. The Morgan fingerprint density at radius 1 is 0.800 bits per heavy atom. The van der Waals surface area contributed by atoms with E-state index < -0.39 is 32.0 Å². The Hall–Kier alpha value is -3.38. The minimum absolute atomic E-state index is 0.0154. The number of nitrogens with zero attached hydrogens (tertiary/aromatic N) is 3. The largest absolute Gasteiger partial charge is 0.271 e. The summed E-state index contributed by atoms with van der Waals surface area (Å²) in [6, 6.07) is 22.1. The van der Waals surface area contributed by atoms with E-state index >= 15 is 0 Å². The van der Waals surface area contributed by atoms with Gasteiger partial charge in [-0.15, -0.1) is 0 Å². The molecular weight excluding hydrogens is 548 g/mol. The lowest BCUT2D eigenvalue weighted by atomic mass is 9.86. The first-order chi connectivity index (χ1) is 18.8. The van der Waals surface area contributed by atoms with Crippen molar-refractivity contribution in [1.29, 1.82) is 0 Å². The quantitative estimate of drug-likeness (QED) is 0.338. The van der Waals surface area contributed by atoms with Crippen molar-refractivity contribution >= 4 is 31.7 Å². The van der Waals surface area contributed by atoms with Crippen molar-refractivity contribution in [3.63, 3.8) is 0 Å². The van der Waals surface area contributed by atoms with Gasteiger partial charge in [0.1, 0.15) is 6.04 Å². The standard InChI is InChI=1S/C29H34N4O5S2/c1-22(23-15-17-24(18-16-23)29(2,3)4)30-31-28(34)27-21-32(39(35,36)25-11-7-5-8-12-25)19-20-33(27)40(37,38)26-13-9-6-10-14-26/h5-18,27H,19-21H2,1-4H3,(H,31,34)/b30-22-/t27-/m1/s1. The van der Waals surface area contributed by atoms with Gasteiger partial charge < -0.3 is 0 Å². The van der Waals surface area contributed by atoms with Gasteiger partial charge in [0, 0.05) is 19.6 Å². The number of piperazine rings is 1. The number of carbonyl (C=O) groups excluding carboxylic acids is 1. The van der Waals surface area contributed by atoms with Crippen LogP contribution in [0.4, 0.5) is 0 Å². The summed E-state index contributed by atoms with van der Waals surface area (Å²) in [7, 11) is -8.05. The highest BCUT2D eigenvalue weighted by atomic mass is 32.2. The number of nitrogens with one attached hydrogen (secondary N) is 1. The minimum atomic E-state index is -4.10. The molecule has 1 saturated heterocycles. The molecule has 1 atom stereocenters. The third kappa shape index (κ3) is 6.33. The van der Waals surface area contributed by atoms with E-state index in [1.807, 2.05) is 24.3 Å². The summed E-state index contributed by atoms with van der Waals surface area (Å²) >= 11 is 0. The van der Waals surface area contributed by atoms with Crippen molar-refractivity contribution in [1.82, 2.24) is 14.0 Å². The predicted molar refractivity (Wildman–Crippen MR) is 155 cm³/mol. The predicted octanol–water partition coefficient (Wildman–Crippen LogP) is 3.59. The normalized spacial score (nSPS) is 17.9. The Morgan fingerprint density at radius 3 is 1.85 bits per heavy atom. The summed E-state index contributed by atoms with van der Waals surface area (Å²) in [5, 5.41) is 4.22. The molecule has 0 unspecified atom stereocenters. The van der Waals surface area contributed by atoms with E-state index in [2.05, 4.69) is 31.3 Å². The molecule has 0 spiro atoms. The zero-order chi connectivity index (χ0) is 29.1. The van der Waals surface area contributed by atoms with Gasteiger partial charge in [-0.1, -0.05) is 81.4 Å². The maximum absolute atomic E-state index is 13.5. The van der Waals surface area contributed by atoms with Gasteiger partial charge in [0.25, 0.3) is 5.91 Å². The zero-order valence-electron chi connectivity index (χ0n) is 23.0. The van der Waals surface area contributed by atoms with E-state index in [9.17, 15) is 21.6 Å². The van der Waals surface area contributed by atoms with Crippen molar-refractivity contribution in [3.8, 4) is 0 Å². The molecule has 11 heteroatoms. The van der Waals surface area contributed by atoms with Crippen LogP contribution in [-0.2, 0) is 30.3 Å². The van der Waals surface area contributed by atoms with E-state index in [4.69, 9.17) is 0 Å². The molecule has 1 aliphatic rings. The summed E-state index contributed by atoms with van der Waals surface area (Å²) in [5.41, 5.74) is 4.93. The molecule has 4 rings (SSSR count). The number of carbonyl (C=O) groups is 1. The second-order valence-corrected chi connectivity index (χ2v) is 14.4. The zero-order valence-corrected chi connectivity index (χ0v) is 24.6. The second-order valence-electron chi connectivity index (χ2n) is 10.6. The van der Waals surface area contributed by atoms with E-state index in [0.29, 0.717) is 5.71 Å². The summed E-state index contributed by atoms with van der Waals surface area (Å²) < 4.78 is 55.9. The first-order valence-electron chi connectivity index (χ1n) is 12.9. The Labute approximate surface area is 236 Å². The fourth-order valence-corrected chi connectivity index (χ4v) is 7.47. The number of rotatable bonds is 7. The number of benzene rings is 3. The van der Waals surface area contributed by atoms with E-state index in [1.54, 1.807) is 43.3 Å². The Kier molecular flexibility index (Phi) is 8.60.